The zero-order valence-electron chi connectivity index (χ0n) is 18.2. The highest BCUT2D eigenvalue weighted by atomic mass is 35.5. The molecule has 0 aliphatic heterocycles. The molecule has 0 saturated carbocycles. The van der Waals surface area contributed by atoms with Crippen molar-refractivity contribution in [3.63, 3.8) is 0 Å². The van der Waals surface area contributed by atoms with E-state index < -0.39 is 0 Å². The van der Waals surface area contributed by atoms with E-state index in [1.165, 1.54) is 0 Å². The number of amides is 2. The Morgan fingerprint density at radius 2 is 1.47 bits per heavy atom. The van der Waals surface area contributed by atoms with Crippen molar-refractivity contribution >= 4 is 40.5 Å². The van der Waals surface area contributed by atoms with Gasteiger partial charge < -0.3 is 15.5 Å². The molecule has 2 aromatic carbocycles. The van der Waals surface area contributed by atoms with Gasteiger partial charge in [0.05, 0.1) is 13.1 Å². The minimum absolute atomic E-state index is 0.122. The minimum atomic E-state index is -0.182. The van der Waals surface area contributed by atoms with E-state index in [1.807, 2.05) is 44.2 Å². The van der Waals surface area contributed by atoms with E-state index in [4.69, 9.17) is 11.6 Å². The highest BCUT2D eigenvalue weighted by Gasteiger charge is 2.14. The van der Waals surface area contributed by atoms with Crippen molar-refractivity contribution in [1.82, 2.24) is 4.90 Å². The van der Waals surface area contributed by atoms with Gasteiger partial charge in [0.1, 0.15) is 0 Å². The summed E-state index contributed by atoms with van der Waals surface area (Å²) in [5.41, 5.74) is 3.48. The predicted octanol–water partition coefficient (Wildman–Crippen LogP) is 4.39. The van der Waals surface area contributed by atoms with Crippen molar-refractivity contribution in [3.05, 3.63) is 53.1 Å². The van der Waals surface area contributed by atoms with Crippen LogP contribution in [0, 0.1) is 6.92 Å². The zero-order valence-corrected chi connectivity index (χ0v) is 18.9. The Kier molecular flexibility index (Phi) is 9.15. The largest absolute Gasteiger partial charge is 0.372 e. The van der Waals surface area contributed by atoms with Gasteiger partial charge in [0.2, 0.25) is 11.8 Å². The first-order valence-electron chi connectivity index (χ1n) is 10.3. The van der Waals surface area contributed by atoms with Crippen LogP contribution in [-0.4, -0.2) is 49.4 Å². The molecule has 0 heterocycles. The third-order valence-electron chi connectivity index (χ3n) is 4.93. The van der Waals surface area contributed by atoms with Gasteiger partial charge in [-0.3, -0.25) is 14.5 Å². The summed E-state index contributed by atoms with van der Waals surface area (Å²) in [5, 5.41) is 6.33. The maximum absolute atomic E-state index is 12.4. The second kappa shape index (κ2) is 11.6. The molecule has 0 saturated heterocycles. The first-order valence-corrected chi connectivity index (χ1v) is 10.7. The van der Waals surface area contributed by atoms with Crippen molar-refractivity contribution in [2.75, 3.05) is 48.3 Å². The maximum atomic E-state index is 12.4. The average Bonchev–Trinajstić information content (AvgIpc) is 2.72. The molecule has 2 rings (SSSR count). The van der Waals surface area contributed by atoms with Crippen LogP contribution in [0.15, 0.2) is 42.5 Å². The van der Waals surface area contributed by atoms with E-state index in [0.29, 0.717) is 17.3 Å². The molecule has 0 aliphatic rings. The highest BCUT2D eigenvalue weighted by molar-refractivity contribution is 6.31. The lowest BCUT2D eigenvalue weighted by atomic mass is 10.2. The SMILES string of the molecule is CCN(CC(=O)Nc1ccc(N(CC)CC)cc1)CC(=O)Nc1cc(Cl)ccc1C. The van der Waals surface area contributed by atoms with Gasteiger partial charge in [0.25, 0.3) is 0 Å². The van der Waals surface area contributed by atoms with Crippen molar-refractivity contribution in [2.45, 2.75) is 27.7 Å². The zero-order chi connectivity index (χ0) is 22.1. The average molecular weight is 431 g/mol. The highest BCUT2D eigenvalue weighted by Crippen LogP contribution is 2.20. The van der Waals surface area contributed by atoms with Gasteiger partial charge in [-0.25, -0.2) is 0 Å². The number of aryl methyl sites for hydroxylation is 1. The van der Waals surface area contributed by atoms with Gasteiger partial charge in [-0.05, 0) is 69.3 Å². The van der Waals surface area contributed by atoms with Gasteiger partial charge in [0, 0.05) is 35.2 Å². The minimum Gasteiger partial charge on any atom is -0.372 e. The fourth-order valence-electron chi connectivity index (χ4n) is 3.15. The van der Waals surface area contributed by atoms with Crippen molar-refractivity contribution in [3.8, 4) is 0 Å². The third kappa shape index (κ3) is 7.04. The number of hydrogen-bond acceptors (Lipinski definition) is 4. The molecule has 2 N–H and O–H groups in total. The van der Waals surface area contributed by atoms with Gasteiger partial charge in [-0.2, -0.15) is 0 Å². The van der Waals surface area contributed by atoms with Crippen LogP contribution in [0.4, 0.5) is 17.1 Å². The summed E-state index contributed by atoms with van der Waals surface area (Å²) < 4.78 is 0. The van der Waals surface area contributed by atoms with Gasteiger partial charge in [-0.1, -0.05) is 24.6 Å². The molecule has 2 aromatic rings. The number of halogens is 1. The topological polar surface area (TPSA) is 64.7 Å². The lowest BCUT2D eigenvalue weighted by Gasteiger charge is -2.22. The van der Waals surface area contributed by atoms with E-state index in [0.717, 1.165) is 30.0 Å². The predicted molar refractivity (Wildman–Crippen MR) is 126 cm³/mol. The van der Waals surface area contributed by atoms with E-state index in [-0.39, 0.29) is 24.9 Å². The number of benzene rings is 2. The van der Waals surface area contributed by atoms with Crippen LogP contribution < -0.4 is 15.5 Å². The van der Waals surface area contributed by atoms with Gasteiger partial charge in [-0.15, -0.1) is 0 Å². The van der Waals surface area contributed by atoms with Crippen molar-refractivity contribution in [2.24, 2.45) is 0 Å². The summed E-state index contributed by atoms with van der Waals surface area (Å²) >= 11 is 6.01. The normalized spacial score (nSPS) is 10.7. The first kappa shape index (κ1) is 23.7. The molecular weight excluding hydrogens is 400 g/mol. The Labute approximate surface area is 184 Å². The second-order valence-corrected chi connectivity index (χ2v) is 7.51. The lowest BCUT2D eigenvalue weighted by Crippen LogP contribution is -2.38. The standard InChI is InChI=1S/C23H31ClN4O2/c1-5-27(16-23(30)26-21-14-18(24)9-8-17(21)4)15-22(29)25-19-10-12-20(13-11-19)28(6-2)7-3/h8-14H,5-7,15-16H2,1-4H3,(H,25,29)(H,26,30). The fraction of sp³-hybridized carbons (Fsp3) is 0.391. The lowest BCUT2D eigenvalue weighted by molar-refractivity contribution is -0.119. The van der Waals surface area contributed by atoms with Gasteiger partial charge in [0.15, 0.2) is 0 Å². The van der Waals surface area contributed by atoms with Crippen molar-refractivity contribution in [1.29, 1.82) is 0 Å². The molecule has 162 valence electrons. The molecule has 0 aliphatic carbocycles. The molecule has 30 heavy (non-hydrogen) atoms. The Bertz CT molecular complexity index is 851. The number of hydrogen-bond donors (Lipinski definition) is 2. The summed E-state index contributed by atoms with van der Waals surface area (Å²) in [6.45, 7) is 10.8. The Morgan fingerprint density at radius 3 is 2.03 bits per heavy atom. The molecule has 7 heteroatoms. The van der Waals surface area contributed by atoms with Crippen LogP contribution in [0.25, 0.3) is 0 Å². The quantitative estimate of drug-likeness (QED) is 0.586. The Balaban J connectivity index is 1.89. The summed E-state index contributed by atoms with van der Waals surface area (Å²) in [6.07, 6.45) is 0. The first-order chi connectivity index (χ1) is 14.4. The Morgan fingerprint density at radius 1 is 0.867 bits per heavy atom. The van der Waals surface area contributed by atoms with Crippen LogP contribution in [-0.2, 0) is 9.59 Å². The Hall–Kier alpha value is -2.57. The van der Waals surface area contributed by atoms with Crippen LogP contribution in [0.5, 0.6) is 0 Å². The van der Waals surface area contributed by atoms with Crippen LogP contribution in [0.3, 0.4) is 0 Å². The van der Waals surface area contributed by atoms with Crippen LogP contribution >= 0.6 is 11.6 Å². The summed E-state index contributed by atoms with van der Waals surface area (Å²) in [5.74, 6) is -0.335. The molecule has 0 bridgehead atoms. The molecule has 0 unspecified atom stereocenters. The third-order valence-corrected chi connectivity index (χ3v) is 5.17. The smallest absolute Gasteiger partial charge is 0.238 e. The van der Waals surface area contributed by atoms with Gasteiger partial charge >= 0.3 is 0 Å². The number of likely N-dealkylation sites (N-methyl/N-ethyl adjacent to an activating group) is 1. The fourth-order valence-corrected chi connectivity index (χ4v) is 3.32. The molecule has 0 atom stereocenters. The second-order valence-electron chi connectivity index (χ2n) is 7.08. The number of carbonyl (C=O) groups excluding carboxylic acids is 2. The van der Waals surface area contributed by atoms with Crippen LogP contribution in [0.1, 0.15) is 26.3 Å². The molecule has 6 nitrogen and oxygen atoms in total. The monoisotopic (exact) mass is 430 g/mol. The van der Waals surface area contributed by atoms with E-state index in [2.05, 4.69) is 29.4 Å². The van der Waals surface area contributed by atoms with E-state index in [1.54, 1.807) is 17.0 Å². The number of carbonyl (C=O) groups is 2. The van der Waals surface area contributed by atoms with E-state index >= 15 is 0 Å². The number of rotatable bonds is 10. The molecule has 0 aromatic heterocycles. The summed E-state index contributed by atoms with van der Waals surface area (Å²) in [6, 6.07) is 13.2. The maximum Gasteiger partial charge on any atom is 0.238 e. The summed E-state index contributed by atoms with van der Waals surface area (Å²) in [7, 11) is 0. The molecule has 0 radical (unpaired) electrons. The number of nitrogens with zero attached hydrogens (tertiary/aromatic N) is 2. The molecular formula is C23H31ClN4O2. The van der Waals surface area contributed by atoms with E-state index in [9.17, 15) is 9.59 Å². The summed E-state index contributed by atoms with van der Waals surface area (Å²) in [4.78, 5) is 28.9. The molecule has 2 amide bonds. The van der Waals surface area contributed by atoms with Crippen molar-refractivity contribution < 1.29 is 9.59 Å². The molecule has 0 spiro atoms. The van der Waals surface area contributed by atoms with Crippen LogP contribution in [0.2, 0.25) is 5.02 Å². The number of nitrogens with one attached hydrogen (secondary N) is 2. The molecule has 0 fully saturated rings. The number of anilines is 3.